The molecule has 0 saturated carbocycles. The Morgan fingerprint density at radius 3 is 2.77 bits per heavy atom. The van der Waals surface area contributed by atoms with Crippen LogP contribution >= 0.6 is 11.6 Å². The van der Waals surface area contributed by atoms with Crippen molar-refractivity contribution in [3.05, 3.63) is 58.9 Å². The van der Waals surface area contributed by atoms with Crippen molar-refractivity contribution < 1.29 is 18.3 Å². The summed E-state index contributed by atoms with van der Waals surface area (Å²) in [4.78, 5) is 16.8. The van der Waals surface area contributed by atoms with Gasteiger partial charge >= 0.3 is 0 Å². The quantitative estimate of drug-likeness (QED) is 0.580. The third-order valence-corrected chi connectivity index (χ3v) is 4.86. The molecule has 0 saturated heterocycles. The summed E-state index contributed by atoms with van der Waals surface area (Å²) in [5.41, 5.74) is 2.29. The number of ether oxygens (including phenoxy) is 1. The van der Waals surface area contributed by atoms with Crippen molar-refractivity contribution in [2.75, 3.05) is 13.3 Å². The van der Waals surface area contributed by atoms with Crippen LogP contribution in [0.25, 0.3) is 11.0 Å². The van der Waals surface area contributed by atoms with E-state index in [2.05, 4.69) is 16.4 Å². The fourth-order valence-corrected chi connectivity index (χ4v) is 3.42. The van der Waals surface area contributed by atoms with Crippen molar-refractivity contribution in [2.45, 2.75) is 25.6 Å². The molecule has 0 aliphatic rings. The van der Waals surface area contributed by atoms with Crippen molar-refractivity contribution >= 4 is 28.5 Å². The Kier molecular flexibility index (Phi) is 6.85. The van der Waals surface area contributed by atoms with Gasteiger partial charge in [0.25, 0.3) is 0 Å². The van der Waals surface area contributed by atoms with Gasteiger partial charge in [0, 0.05) is 5.02 Å². The van der Waals surface area contributed by atoms with Gasteiger partial charge in [-0.2, -0.15) is 5.26 Å². The molecule has 1 atom stereocenters. The van der Waals surface area contributed by atoms with E-state index in [1.165, 1.54) is 12.4 Å². The summed E-state index contributed by atoms with van der Waals surface area (Å²) in [6.45, 7) is -0.150. The number of aromatic nitrogens is 2. The van der Waals surface area contributed by atoms with E-state index >= 15 is 0 Å². The highest BCUT2D eigenvalue weighted by Crippen LogP contribution is 2.28. The van der Waals surface area contributed by atoms with Crippen LogP contribution in [0.4, 0.5) is 8.78 Å². The summed E-state index contributed by atoms with van der Waals surface area (Å²) in [7, 11) is 0. The predicted octanol–water partition coefficient (Wildman–Crippen LogP) is 4.13. The minimum Gasteiger partial charge on any atom is -0.485 e. The lowest BCUT2D eigenvalue weighted by molar-refractivity contribution is -0.122. The van der Waals surface area contributed by atoms with Gasteiger partial charge in [-0.3, -0.25) is 4.79 Å². The Morgan fingerprint density at radius 1 is 1.33 bits per heavy atom. The molecule has 1 amide bonds. The first kappa shape index (κ1) is 21.5. The number of nitrogens with zero attached hydrogens (tertiary/aromatic N) is 3. The second kappa shape index (κ2) is 9.55. The second-order valence-corrected chi connectivity index (χ2v) is 7.09. The third kappa shape index (κ3) is 4.69. The summed E-state index contributed by atoms with van der Waals surface area (Å²) in [5.74, 6) is -0.0441. The highest BCUT2D eigenvalue weighted by Gasteiger charge is 2.17. The molecule has 3 rings (SSSR count). The van der Waals surface area contributed by atoms with Crippen LogP contribution in [0.2, 0.25) is 5.02 Å². The number of para-hydroxylation sites is 1. The molecule has 9 heteroatoms. The summed E-state index contributed by atoms with van der Waals surface area (Å²) in [6, 6.07) is 11.5. The number of carbonyl (C=O) groups is 1. The van der Waals surface area contributed by atoms with Gasteiger partial charge in [-0.15, -0.1) is 0 Å². The molecular weight excluding hydrogens is 414 g/mol. The van der Waals surface area contributed by atoms with Crippen LogP contribution in [-0.2, 0) is 11.3 Å². The predicted molar refractivity (Wildman–Crippen MR) is 109 cm³/mol. The molecule has 1 unspecified atom stereocenters. The van der Waals surface area contributed by atoms with Crippen LogP contribution in [0.1, 0.15) is 24.1 Å². The molecule has 0 spiro atoms. The topological polar surface area (TPSA) is 79.9 Å². The van der Waals surface area contributed by atoms with Gasteiger partial charge in [0.05, 0.1) is 29.0 Å². The van der Waals surface area contributed by atoms with Crippen LogP contribution in [0.3, 0.4) is 0 Å². The highest BCUT2D eigenvalue weighted by atomic mass is 35.5. The van der Waals surface area contributed by atoms with Crippen molar-refractivity contribution in [2.24, 2.45) is 0 Å². The van der Waals surface area contributed by atoms with Crippen molar-refractivity contribution in [3.8, 4) is 11.8 Å². The maximum Gasteiger partial charge on any atom is 0.240 e. The van der Waals surface area contributed by atoms with Crippen LogP contribution in [0.5, 0.6) is 5.75 Å². The molecule has 0 radical (unpaired) electrons. The molecule has 0 aliphatic heterocycles. The molecular formula is C21H19ClF2N4O2. The number of hydrogen-bond acceptors (Lipinski definition) is 4. The van der Waals surface area contributed by atoms with Gasteiger partial charge in [-0.1, -0.05) is 23.7 Å². The number of nitriles is 1. The largest absolute Gasteiger partial charge is 0.485 e. The van der Waals surface area contributed by atoms with E-state index in [4.69, 9.17) is 16.3 Å². The first-order chi connectivity index (χ1) is 14.5. The number of carbonyl (C=O) groups excluding carboxylic acids is 1. The van der Waals surface area contributed by atoms with E-state index in [0.717, 1.165) is 0 Å². The fourth-order valence-electron chi connectivity index (χ4n) is 3.09. The van der Waals surface area contributed by atoms with Crippen molar-refractivity contribution in [1.29, 1.82) is 5.26 Å². The molecule has 3 aromatic rings. The van der Waals surface area contributed by atoms with E-state index in [-0.39, 0.29) is 18.2 Å². The Morgan fingerprint density at radius 2 is 2.10 bits per heavy atom. The normalized spacial score (nSPS) is 12.0. The second-order valence-electron chi connectivity index (χ2n) is 6.68. The van der Waals surface area contributed by atoms with Crippen LogP contribution in [-0.4, -0.2) is 34.9 Å². The number of nitrogens with one attached hydrogen (secondary N) is 1. The lowest BCUT2D eigenvalue weighted by atomic mass is 10.1. The molecule has 1 aromatic heterocycles. The maximum absolute atomic E-state index is 12.6. The molecule has 1 heterocycles. The Hall–Kier alpha value is -3.18. The van der Waals surface area contributed by atoms with E-state index in [1.807, 2.05) is 0 Å². The van der Waals surface area contributed by atoms with E-state index in [0.29, 0.717) is 27.2 Å². The molecule has 1 N–H and O–H groups in total. The number of alkyl halides is 2. The lowest BCUT2D eigenvalue weighted by Crippen LogP contribution is -2.30. The molecule has 0 aliphatic carbocycles. The van der Waals surface area contributed by atoms with Gasteiger partial charge in [0.15, 0.2) is 6.10 Å². The minimum atomic E-state index is -1.17. The van der Waals surface area contributed by atoms with E-state index in [9.17, 15) is 18.8 Å². The molecule has 6 nitrogen and oxygen atoms in total. The zero-order valence-electron chi connectivity index (χ0n) is 16.1. The zero-order valence-corrected chi connectivity index (χ0v) is 16.9. The lowest BCUT2D eigenvalue weighted by Gasteiger charge is -2.18. The third-order valence-electron chi connectivity index (χ3n) is 4.54. The number of halogens is 3. The molecule has 0 bridgehead atoms. The average molecular weight is 433 g/mol. The first-order valence-electron chi connectivity index (χ1n) is 9.18. The Labute approximate surface area is 177 Å². The number of benzene rings is 2. The summed E-state index contributed by atoms with van der Waals surface area (Å²) in [5, 5.41) is 12.4. The van der Waals surface area contributed by atoms with Crippen LogP contribution in [0.15, 0.2) is 42.7 Å². The molecule has 0 fully saturated rings. The minimum absolute atomic E-state index is 0.0208. The number of imidazole rings is 1. The van der Waals surface area contributed by atoms with Gasteiger partial charge in [0.2, 0.25) is 5.91 Å². The van der Waals surface area contributed by atoms with Crippen molar-refractivity contribution in [3.63, 3.8) is 0 Å². The van der Waals surface area contributed by atoms with Crippen LogP contribution in [0, 0.1) is 11.3 Å². The van der Waals surface area contributed by atoms with Gasteiger partial charge in [0.1, 0.15) is 31.7 Å². The van der Waals surface area contributed by atoms with E-state index < -0.39 is 25.5 Å². The maximum atomic E-state index is 12.6. The highest BCUT2D eigenvalue weighted by molar-refractivity contribution is 6.31. The zero-order chi connectivity index (χ0) is 21.7. The summed E-state index contributed by atoms with van der Waals surface area (Å²) in [6.07, 6.45) is 0.341. The number of amides is 1. The molecule has 156 valence electrons. The van der Waals surface area contributed by atoms with E-state index in [1.54, 1.807) is 41.8 Å². The SMILES string of the molecule is CC(NC(=O)Cn1cnc2cccc(C#N)c21)c1ccc(OC(CF)CF)cc1Cl. The van der Waals surface area contributed by atoms with Crippen molar-refractivity contribution in [1.82, 2.24) is 14.9 Å². The van der Waals surface area contributed by atoms with Gasteiger partial charge in [-0.25, -0.2) is 13.8 Å². The smallest absolute Gasteiger partial charge is 0.240 e. The summed E-state index contributed by atoms with van der Waals surface area (Å²) < 4.78 is 32.0. The number of hydrogen-bond donors (Lipinski definition) is 1. The summed E-state index contributed by atoms with van der Waals surface area (Å²) >= 11 is 6.27. The number of fused-ring (bicyclic) bond motifs is 1. The number of rotatable bonds is 8. The monoisotopic (exact) mass is 432 g/mol. The Bertz CT molecular complexity index is 1090. The molecule has 30 heavy (non-hydrogen) atoms. The standard InChI is InChI=1S/C21H19ClF2N4O2/c1-13(17-6-5-15(7-18(17)22)30-16(8-23)9-24)27-20(29)11-28-12-26-19-4-2-3-14(10-25)21(19)28/h2-7,12-13,16H,8-9,11H2,1H3,(H,27,29). The first-order valence-corrected chi connectivity index (χ1v) is 9.56. The van der Waals surface area contributed by atoms with Crippen LogP contribution < -0.4 is 10.1 Å². The fraction of sp³-hybridized carbons (Fsp3) is 0.286. The van der Waals surface area contributed by atoms with Gasteiger partial charge < -0.3 is 14.6 Å². The average Bonchev–Trinajstić information content (AvgIpc) is 3.14. The molecule has 2 aromatic carbocycles. The van der Waals surface area contributed by atoms with Gasteiger partial charge in [-0.05, 0) is 36.8 Å². The Balaban J connectivity index is 1.70.